The van der Waals surface area contributed by atoms with E-state index >= 15 is 0 Å². The average molecular weight is 303 g/mol. The molecular weight excluding hydrogens is 282 g/mol. The van der Waals surface area contributed by atoms with Crippen LogP contribution in [0.1, 0.15) is 18.1 Å². The Balaban J connectivity index is 2.77. The van der Waals surface area contributed by atoms with Gasteiger partial charge in [0.1, 0.15) is 0 Å². The lowest BCUT2D eigenvalue weighted by Gasteiger charge is -2.23. The lowest BCUT2D eigenvalue weighted by molar-refractivity contribution is 0.282. The fourth-order valence-corrected chi connectivity index (χ4v) is 3.91. The zero-order valence-electron chi connectivity index (χ0n) is 11.5. The monoisotopic (exact) mass is 303 g/mol. The molecule has 0 aromatic heterocycles. The van der Waals surface area contributed by atoms with Gasteiger partial charge >= 0.3 is 0 Å². The standard InChI is InChI=1S/C13H21NO3S2/c1-11(9-18-3)14(2)19(16,17)10-13-6-4-12(8-15)5-7-13/h4-7,11,15H,8-10H2,1-3H3. The number of rotatable bonds is 7. The molecular formula is C13H21NO3S2. The van der Waals surface area contributed by atoms with Crippen LogP contribution < -0.4 is 0 Å². The Morgan fingerprint density at radius 1 is 1.26 bits per heavy atom. The molecule has 0 bridgehead atoms. The summed E-state index contributed by atoms with van der Waals surface area (Å²) in [6, 6.07) is 6.97. The molecule has 0 aliphatic carbocycles. The number of sulfonamides is 1. The van der Waals surface area contributed by atoms with E-state index in [-0.39, 0.29) is 18.4 Å². The van der Waals surface area contributed by atoms with E-state index < -0.39 is 10.0 Å². The van der Waals surface area contributed by atoms with Gasteiger partial charge in [-0.1, -0.05) is 24.3 Å². The fourth-order valence-electron chi connectivity index (χ4n) is 1.67. The van der Waals surface area contributed by atoms with Crippen molar-refractivity contribution in [3.05, 3.63) is 35.4 Å². The van der Waals surface area contributed by atoms with Crippen molar-refractivity contribution < 1.29 is 13.5 Å². The minimum absolute atomic E-state index is 0.00602. The van der Waals surface area contributed by atoms with Gasteiger partial charge in [0, 0.05) is 18.8 Å². The molecule has 1 unspecified atom stereocenters. The van der Waals surface area contributed by atoms with Crippen LogP contribution in [-0.4, -0.2) is 42.9 Å². The number of hydrogen-bond donors (Lipinski definition) is 1. The largest absolute Gasteiger partial charge is 0.392 e. The Hall–Kier alpha value is -0.560. The molecule has 0 heterocycles. The topological polar surface area (TPSA) is 57.6 Å². The Bertz CT molecular complexity index is 485. The third-order valence-electron chi connectivity index (χ3n) is 3.02. The smallest absolute Gasteiger partial charge is 0.218 e. The molecule has 4 nitrogen and oxygen atoms in total. The van der Waals surface area contributed by atoms with Crippen LogP contribution in [0, 0.1) is 0 Å². The molecule has 0 amide bonds. The molecule has 1 N–H and O–H groups in total. The van der Waals surface area contributed by atoms with Gasteiger partial charge in [-0.15, -0.1) is 0 Å². The zero-order chi connectivity index (χ0) is 14.5. The summed E-state index contributed by atoms with van der Waals surface area (Å²) in [5.74, 6) is 0.771. The first-order valence-corrected chi connectivity index (χ1v) is 9.04. The summed E-state index contributed by atoms with van der Waals surface area (Å²) in [6.07, 6.45) is 1.96. The minimum Gasteiger partial charge on any atom is -0.392 e. The summed E-state index contributed by atoms with van der Waals surface area (Å²) >= 11 is 1.63. The molecule has 0 aliphatic heterocycles. The van der Waals surface area contributed by atoms with Crippen molar-refractivity contribution in [2.24, 2.45) is 0 Å². The van der Waals surface area contributed by atoms with Crippen molar-refractivity contribution in [1.29, 1.82) is 0 Å². The summed E-state index contributed by atoms with van der Waals surface area (Å²) < 4.78 is 25.9. The van der Waals surface area contributed by atoms with Crippen LogP contribution in [0.4, 0.5) is 0 Å². The summed E-state index contributed by atoms with van der Waals surface area (Å²) in [7, 11) is -1.67. The fraction of sp³-hybridized carbons (Fsp3) is 0.538. The van der Waals surface area contributed by atoms with E-state index in [9.17, 15) is 8.42 Å². The molecule has 1 aromatic carbocycles. The molecule has 6 heteroatoms. The third kappa shape index (κ3) is 4.80. The van der Waals surface area contributed by atoms with E-state index in [0.717, 1.165) is 16.9 Å². The first-order chi connectivity index (χ1) is 8.90. The van der Waals surface area contributed by atoms with Gasteiger partial charge in [0.25, 0.3) is 0 Å². The van der Waals surface area contributed by atoms with Gasteiger partial charge in [-0.25, -0.2) is 12.7 Å². The van der Waals surface area contributed by atoms with Crippen LogP contribution in [0.25, 0.3) is 0 Å². The summed E-state index contributed by atoms with van der Waals surface area (Å²) in [5, 5.41) is 8.95. The zero-order valence-corrected chi connectivity index (χ0v) is 13.2. The Morgan fingerprint density at radius 3 is 2.26 bits per heavy atom. The first kappa shape index (κ1) is 16.5. The van der Waals surface area contributed by atoms with Gasteiger partial charge in [0.15, 0.2) is 0 Å². The molecule has 0 radical (unpaired) electrons. The summed E-state index contributed by atoms with van der Waals surface area (Å²) in [5.41, 5.74) is 1.52. The van der Waals surface area contributed by atoms with E-state index in [4.69, 9.17) is 5.11 Å². The van der Waals surface area contributed by atoms with Crippen LogP contribution in [0.2, 0.25) is 0 Å². The van der Waals surface area contributed by atoms with Crippen LogP contribution in [-0.2, 0) is 22.4 Å². The van der Waals surface area contributed by atoms with Gasteiger partial charge in [0.2, 0.25) is 10.0 Å². The average Bonchev–Trinajstić information content (AvgIpc) is 2.38. The predicted molar refractivity (Wildman–Crippen MR) is 80.6 cm³/mol. The van der Waals surface area contributed by atoms with Gasteiger partial charge in [-0.2, -0.15) is 11.8 Å². The van der Waals surface area contributed by atoms with E-state index in [2.05, 4.69) is 0 Å². The molecule has 1 aromatic rings. The summed E-state index contributed by atoms with van der Waals surface area (Å²) in [6.45, 7) is 1.88. The highest BCUT2D eigenvalue weighted by molar-refractivity contribution is 7.98. The maximum absolute atomic E-state index is 12.2. The van der Waals surface area contributed by atoms with Crippen molar-refractivity contribution in [3.63, 3.8) is 0 Å². The van der Waals surface area contributed by atoms with Crippen molar-refractivity contribution in [2.75, 3.05) is 19.1 Å². The van der Waals surface area contributed by atoms with Crippen molar-refractivity contribution >= 4 is 21.8 Å². The van der Waals surface area contributed by atoms with Crippen LogP contribution in [0.5, 0.6) is 0 Å². The van der Waals surface area contributed by atoms with Crippen molar-refractivity contribution in [2.45, 2.75) is 25.3 Å². The highest BCUT2D eigenvalue weighted by Crippen LogP contribution is 2.15. The lowest BCUT2D eigenvalue weighted by Crippen LogP contribution is -2.37. The lowest BCUT2D eigenvalue weighted by atomic mass is 10.2. The second-order valence-corrected chi connectivity index (χ2v) is 7.49. The third-order valence-corrected chi connectivity index (χ3v) is 5.77. The van der Waals surface area contributed by atoms with E-state index in [1.54, 1.807) is 43.1 Å². The van der Waals surface area contributed by atoms with E-state index in [1.807, 2.05) is 13.2 Å². The maximum atomic E-state index is 12.2. The first-order valence-electron chi connectivity index (χ1n) is 6.04. The molecule has 0 aliphatic rings. The van der Waals surface area contributed by atoms with Crippen molar-refractivity contribution in [3.8, 4) is 0 Å². The maximum Gasteiger partial charge on any atom is 0.218 e. The van der Waals surface area contributed by atoms with Crippen LogP contribution in [0.3, 0.4) is 0 Å². The van der Waals surface area contributed by atoms with Crippen LogP contribution in [0.15, 0.2) is 24.3 Å². The molecule has 0 spiro atoms. The van der Waals surface area contributed by atoms with Gasteiger partial charge in [-0.3, -0.25) is 0 Å². The molecule has 1 rings (SSSR count). The Labute approximate surface area is 119 Å². The van der Waals surface area contributed by atoms with Crippen molar-refractivity contribution in [1.82, 2.24) is 4.31 Å². The van der Waals surface area contributed by atoms with E-state index in [1.165, 1.54) is 4.31 Å². The normalized spacial score (nSPS) is 13.7. The number of nitrogens with zero attached hydrogens (tertiary/aromatic N) is 1. The minimum atomic E-state index is -3.30. The second-order valence-electron chi connectivity index (χ2n) is 4.55. The van der Waals surface area contributed by atoms with Gasteiger partial charge in [0.05, 0.1) is 12.4 Å². The number of benzene rings is 1. The molecule has 0 saturated carbocycles. The molecule has 108 valence electrons. The molecule has 19 heavy (non-hydrogen) atoms. The Kier molecular flexibility index (Phi) is 6.32. The Morgan fingerprint density at radius 2 is 1.79 bits per heavy atom. The van der Waals surface area contributed by atoms with Gasteiger partial charge in [-0.05, 0) is 24.3 Å². The number of thioether (sulfide) groups is 1. The molecule has 0 fully saturated rings. The predicted octanol–water partition coefficient (Wildman–Crippen LogP) is 1.69. The van der Waals surface area contributed by atoms with Gasteiger partial charge < -0.3 is 5.11 Å². The molecule has 1 atom stereocenters. The number of aliphatic hydroxyl groups excluding tert-OH is 1. The highest BCUT2D eigenvalue weighted by Gasteiger charge is 2.23. The van der Waals surface area contributed by atoms with E-state index in [0.29, 0.717) is 0 Å². The quantitative estimate of drug-likeness (QED) is 0.833. The SMILES string of the molecule is CSCC(C)N(C)S(=O)(=O)Cc1ccc(CO)cc1. The number of aliphatic hydroxyl groups is 1. The molecule has 0 saturated heterocycles. The number of hydrogen-bond acceptors (Lipinski definition) is 4. The highest BCUT2D eigenvalue weighted by atomic mass is 32.2. The van der Waals surface area contributed by atoms with Crippen LogP contribution >= 0.6 is 11.8 Å². The summed E-state index contributed by atoms with van der Waals surface area (Å²) in [4.78, 5) is 0. The second kappa shape index (κ2) is 7.28.